The summed E-state index contributed by atoms with van der Waals surface area (Å²) in [6.07, 6.45) is 1.06. The van der Waals surface area contributed by atoms with Crippen LogP contribution >= 0.6 is 9.90 Å². The molecule has 0 spiro atoms. The van der Waals surface area contributed by atoms with Crippen molar-refractivity contribution in [1.82, 2.24) is 0 Å². The van der Waals surface area contributed by atoms with Crippen LogP contribution in [0.2, 0.25) is 0 Å². The van der Waals surface area contributed by atoms with E-state index < -0.39 is 21.8 Å². The smallest absolute Gasteiger partial charge is 0.330 e. The first-order valence-corrected chi connectivity index (χ1v) is 4.81. The van der Waals surface area contributed by atoms with E-state index in [4.69, 9.17) is 4.55 Å². The summed E-state index contributed by atoms with van der Waals surface area (Å²) in [6.45, 7) is 3.11. The Hall–Kier alpha value is -0.450. The Kier molecular flexibility index (Phi) is 8.10. The zero-order valence-corrected chi connectivity index (χ0v) is 9.33. The maximum absolute atomic E-state index is 10.4. The number of hydrogen-bond acceptors (Lipinski definition) is 4. The molecule has 78 valence electrons. The molecule has 0 aliphatic rings. The third kappa shape index (κ3) is 11.5. The fourth-order valence-electron chi connectivity index (χ4n) is 0.473. The highest BCUT2D eigenvalue weighted by Crippen LogP contribution is 1.90. The zero-order chi connectivity index (χ0) is 9.61. The Morgan fingerprint density at radius 3 is 2.46 bits per heavy atom. The summed E-state index contributed by atoms with van der Waals surface area (Å²) in [4.78, 5) is 10.4. The van der Waals surface area contributed by atoms with Crippen molar-refractivity contribution >= 4 is 26.0 Å². The summed E-state index contributed by atoms with van der Waals surface area (Å²) in [5.74, 6) is -1.01. The van der Waals surface area contributed by atoms with Gasteiger partial charge in [0.1, 0.15) is 0 Å². The van der Waals surface area contributed by atoms with Crippen LogP contribution < -0.4 is 0 Å². The van der Waals surface area contributed by atoms with Gasteiger partial charge in [-0.25, -0.2) is 4.79 Å². The quantitative estimate of drug-likeness (QED) is 0.236. The van der Waals surface area contributed by atoms with Crippen molar-refractivity contribution < 1.29 is 22.5 Å². The van der Waals surface area contributed by atoms with Crippen molar-refractivity contribution in [2.45, 2.75) is 6.42 Å². The molecular formula is C6H13O5PS. The molecule has 0 radical (unpaired) electrons. The molecule has 0 aromatic heterocycles. The largest absolute Gasteiger partial charge is 0.463 e. The van der Waals surface area contributed by atoms with Crippen molar-refractivity contribution in [1.29, 1.82) is 0 Å². The van der Waals surface area contributed by atoms with Gasteiger partial charge in [0.25, 0.3) is 10.1 Å². The van der Waals surface area contributed by atoms with E-state index in [2.05, 4.69) is 11.3 Å². The summed E-state index contributed by atoms with van der Waals surface area (Å²) in [5, 5.41) is 0. The molecule has 1 N–H and O–H groups in total. The predicted molar refractivity (Wildman–Crippen MR) is 53.3 cm³/mol. The Balaban J connectivity index is 0. The molecule has 0 aromatic rings. The van der Waals surface area contributed by atoms with Gasteiger partial charge in [0.2, 0.25) is 0 Å². The predicted octanol–water partition coefficient (Wildman–Crippen LogP) is 0.0516. The molecule has 5 nitrogen and oxygen atoms in total. The standard InChI is InChI=1S/C6H10O5S.H3P/c1-2-6(7)11-4-3-5-12(8,9)10;/h2H,1,3-5H2,(H,8,9,10);1H3. The van der Waals surface area contributed by atoms with Crippen LogP contribution in [0.1, 0.15) is 6.42 Å². The fourth-order valence-corrected chi connectivity index (χ4v) is 0.956. The van der Waals surface area contributed by atoms with E-state index in [9.17, 15) is 13.2 Å². The average Bonchev–Trinajstić information content (AvgIpc) is 1.96. The second-order valence-corrected chi connectivity index (χ2v) is 3.58. The molecule has 0 aromatic carbocycles. The topological polar surface area (TPSA) is 80.7 Å². The molecule has 0 rings (SSSR count). The molecule has 0 bridgehead atoms. The van der Waals surface area contributed by atoms with Crippen molar-refractivity contribution in [2.24, 2.45) is 0 Å². The summed E-state index contributed by atoms with van der Waals surface area (Å²) in [6, 6.07) is 0. The number of hydrogen-bond donors (Lipinski definition) is 1. The van der Waals surface area contributed by atoms with E-state index in [1.165, 1.54) is 0 Å². The van der Waals surface area contributed by atoms with Gasteiger partial charge in [0.05, 0.1) is 12.4 Å². The maximum Gasteiger partial charge on any atom is 0.330 e. The monoisotopic (exact) mass is 228 g/mol. The lowest BCUT2D eigenvalue weighted by Crippen LogP contribution is -2.09. The van der Waals surface area contributed by atoms with Crippen molar-refractivity contribution in [3.8, 4) is 0 Å². The molecule has 1 atom stereocenters. The highest BCUT2D eigenvalue weighted by molar-refractivity contribution is 7.85. The van der Waals surface area contributed by atoms with Gasteiger partial charge in [-0.1, -0.05) is 6.58 Å². The van der Waals surface area contributed by atoms with Crippen LogP contribution in [0.4, 0.5) is 0 Å². The number of rotatable bonds is 5. The highest BCUT2D eigenvalue weighted by atomic mass is 32.2. The Morgan fingerprint density at radius 1 is 1.54 bits per heavy atom. The van der Waals surface area contributed by atoms with E-state index in [1.54, 1.807) is 0 Å². The minimum absolute atomic E-state index is 0. The van der Waals surface area contributed by atoms with Gasteiger partial charge < -0.3 is 4.74 Å². The molecule has 13 heavy (non-hydrogen) atoms. The summed E-state index contributed by atoms with van der Waals surface area (Å²) < 4.78 is 33.0. The summed E-state index contributed by atoms with van der Waals surface area (Å²) >= 11 is 0. The molecular weight excluding hydrogens is 215 g/mol. The summed E-state index contributed by atoms with van der Waals surface area (Å²) in [5.41, 5.74) is 0. The number of ether oxygens (including phenoxy) is 1. The van der Waals surface area contributed by atoms with Gasteiger partial charge in [-0.15, -0.1) is 0 Å². The average molecular weight is 228 g/mol. The third-order valence-electron chi connectivity index (χ3n) is 0.958. The highest BCUT2D eigenvalue weighted by Gasteiger charge is 2.04. The van der Waals surface area contributed by atoms with Crippen LogP contribution in [0.5, 0.6) is 0 Å². The zero-order valence-electron chi connectivity index (χ0n) is 7.10. The van der Waals surface area contributed by atoms with E-state index in [0.29, 0.717) is 0 Å². The van der Waals surface area contributed by atoms with E-state index in [0.717, 1.165) is 6.08 Å². The number of carbonyl (C=O) groups is 1. The van der Waals surface area contributed by atoms with Crippen molar-refractivity contribution in [2.75, 3.05) is 12.4 Å². The fraction of sp³-hybridized carbons (Fsp3) is 0.500. The second kappa shape index (κ2) is 7.00. The van der Waals surface area contributed by atoms with Crippen LogP contribution in [0.25, 0.3) is 0 Å². The molecule has 0 aliphatic heterocycles. The lowest BCUT2D eigenvalue weighted by Gasteiger charge is -1.99. The molecule has 0 fully saturated rings. The summed E-state index contributed by atoms with van der Waals surface area (Å²) in [7, 11) is -3.95. The van der Waals surface area contributed by atoms with Gasteiger partial charge in [-0.3, -0.25) is 4.55 Å². The maximum atomic E-state index is 10.4. The first-order chi connectivity index (χ1) is 5.45. The Morgan fingerprint density at radius 2 is 2.08 bits per heavy atom. The minimum atomic E-state index is -3.95. The van der Waals surface area contributed by atoms with E-state index in [-0.39, 0.29) is 22.9 Å². The SMILES string of the molecule is C=CC(=O)OCCCS(=O)(=O)O.P. The van der Waals surface area contributed by atoms with Gasteiger partial charge >= 0.3 is 5.97 Å². The molecule has 0 aliphatic carbocycles. The molecule has 0 heterocycles. The van der Waals surface area contributed by atoms with Gasteiger partial charge in [-0.05, 0) is 6.42 Å². The molecule has 0 amide bonds. The second-order valence-electron chi connectivity index (χ2n) is 2.01. The van der Waals surface area contributed by atoms with E-state index in [1.807, 2.05) is 0 Å². The molecule has 1 unspecified atom stereocenters. The van der Waals surface area contributed by atoms with Gasteiger partial charge in [0, 0.05) is 6.08 Å². The van der Waals surface area contributed by atoms with Crippen LogP contribution in [-0.4, -0.2) is 31.3 Å². The Labute approximate surface area is 80.5 Å². The number of esters is 1. The first-order valence-electron chi connectivity index (χ1n) is 3.20. The molecule has 0 saturated heterocycles. The normalized spacial score (nSPS) is 9.92. The molecule has 7 heteroatoms. The van der Waals surface area contributed by atoms with Crippen LogP contribution in [-0.2, 0) is 19.6 Å². The Bertz CT molecular complexity index is 258. The number of carbonyl (C=O) groups excluding carboxylic acids is 1. The van der Waals surface area contributed by atoms with E-state index >= 15 is 0 Å². The van der Waals surface area contributed by atoms with Crippen LogP contribution in [0, 0.1) is 0 Å². The minimum Gasteiger partial charge on any atom is -0.463 e. The lowest BCUT2D eigenvalue weighted by molar-refractivity contribution is -0.137. The lowest BCUT2D eigenvalue weighted by atomic mass is 10.5. The van der Waals surface area contributed by atoms with Crippen molar-refractivity contribution in [3.05, 3.63) is 12.7 Å². The van der Waals surface area contributed by atoms with Gasteiger partial charge in [0.15, 0.2) is 0 Å². The molecule has 0 saturated carbocycles. The van der Waals surface area contributed by atoms with Gasteiger partial charge in [-0.2, -0.15) is 18.3 Å². The van der Waals surface area contributed by atoms with Crippen LogP contribution in [0.15, 0.2) is 12.7 Å². The van der Waals surface area contributed by atoms with Crippen LogP contribution in [0.3, 0.4) is 0 Å². The van der Waals surface area contributed by atoms with Crippen molar-refractivity contribution in [3.63, 3.8) is 0 Å². The third-order valence-corrected chi connectivity index (χ3v) is 1.76. The first kappa shape index (κ1) is 15.0.